The summed E-state index contributed by atoms with van der Waals surface area (Å²) in [6.45, 7) is 7.03. The molecule has 0 radical (unpaired) electrons. The number of esters is 1. The van der Waals surface area contributed by atoms with E-state index >= 15 is 0 Å². The van der Waals surface area contributed by atoms with E-state index in [9.17, 15) is 4.79 Å². The van der Waals surface area contributed by atoms with Gasteiger partial charge in [0.2, 0.25) is 0 Å². The van der Waals surface area contributed by atoms with Gasteiger partial charge < -0.3 is 4.74 Å². The number of aromatic nitrogens is 1. The number of carbonyl (C=O) groups is 1. The van der Waals surface area contributed by atoms with Crippen LogP contribution in [0.25, 0.3) is 0 Å². The van der Waals surface area contributed by atoms with Gasteiger partial charge in [0.1, 0.15) is 6.04 Å². The molecule has 0 saturated carbocycles. The smallest absolute Gasteiger partial charge is 0.323 e. The first-order valence-corrected chi connectivity index (χ1v) is 7.24. The molecule has 1 aromatic rings. The third-order valence-corrected chi connectivity index (χ3v) is 3.55. The quantitative estimate of drug-likeness (QED) is 0.714. The minimum absolute atomic E-state index is 0.131. The fourth-order valence-corrected chi connectivity index (χ4v) is 2.48. The van der Waals surface area contributed by atoms with E-state index in [0.29, 0.717) is 13.2 Å². The van der Waals surface area contributed by atoms with Crippen LogP contribution in [0.4, 0.5) is 0 Å². The van der Waals surface area contributed by atoms with Crippen LogP contribution in [0.1, 0.15) is 37.4 Å². The molecule has 5 heteroatoms. The second-order valence-electron chi connectivity index (χ2n) is 4.33. The van der Waals surface area contributed by atoms with Crippen molar-refractivity contribution in [2.24, 2.45) is 0 Å². The van der Waals surface area contributed by atoms with Crippen LogP contribution in [0, 0.1) is 6.92 Å². The first-order valence-electron chi connectivity index (χ1n) is 6.36. The average Bonchev–Trinajstić information content (AvgIpc) is 2.71. The number of thiazole rings is 1. The molecule has 0 aliphatic heterocycles. The molecule has 0 amide bonds. The number of likely N-dealkylation sites (N-methyl/N-ethyl adjacent to an activating group) is 1. The van der Waals surface area contributed by atoms with E-state index in [1.807, 2.05) is 31.2 Å². The number of rotatable bonds is 7. The minimum atomic E-state index is -0.169. The third kappa shape index (κ3) is 4.38. The molecule has 1 aromatic heterocycles. The maximum Gasteiger partial charge on any atom is 0.323 e. The SMILES string of the molecule is CCCC(C(=O)OCC)N(C)Cc1csc(C)n1. The number of ether oxygens (including phenoxy) is 1. The summed E-state index contributed by atoms with van der Waals surface area (Å²) in [6, 6.07) is -0.169. The molecule has 0 aliphatic rings. The lowest BCUT2D eigenvalue weighted by Gasteiger charge is -2.25. The Morgan fingerprint density at radius 2 is 2.28 bits per heavy atom. The Labute approximate surface area is 113 Å². The van der Waals surface area contributed by atoms with Gasteiger partial charge in [-0.2, -0.15) is 0 Å². The zero-order chi connectivity index (χ0) is 13.5. The molecule has 0 saturated heterocycles. The molecule has 1 unspecified atom stereocenters. The van der Waals surface area contributed by atoms with Gasteiger partial charge in [0, 0.05) is 11.9 Å². The van der Waals surface area contributed by atoms with Crippen LogP contribution in [-0.2, 0) is 16.1 Å². The van der Waals surface area contributed by atoms with Crippen LogP contribution in [0.3, 0.4) is 0 Å². The summed E-state index contributed by atoms with van der Waals surface area (Å²) in [7, 11) is 1.95. The van der Waals surface area contributed by atoms with Gasteiger partial charge in [-0.15, -0.1) is 11.3 Å². The fourth-order valence-electron chi connectivity index (χ4n) is 1.88. The Hall–Kier alpha value is -0.940. The Morgan fingerprint density at radius 3 is 2.78 bits per heavy atom. The standard InChI is InChI=1S/C13H22N2O2S/c1-5-7-12(13(16)17-6-2)15(4)8-11-9-18-10(3)14-11/h9,12H,5-8H2,1-4H3. The fraction of sp³-hybridized carbons (Fsp3) is 0.692. The zero-order valence-electron chi connectivity index (χ0n) is 11.6. The van der Waals surface area contributed by atoms with E-state index in [-0.39, 0.29) is 12.0 Å². The summed E-state index contributed by atoms with van der Waals surface area (Å²) in [6.07, 6.45) is 1.78. The van der Waals surface area contributed by atoms with Crippen LogP contribution in [0.5, 0.6) is 0 Å². The van der Waals surface area contributed by atoms with Crippen molar-refractivity contribution in [3.63, 3.8) is 0 Å². The van der Waals surface area contributed by atoms with Crippen molar-refractivity contribution in [3.8, 4) is 0 Å². The highest BCUT2D eigenvalue weighted by Crippen LogP contribution is 2.14. The van der Waals surface area contributed by atoms with Crippen molar-refractivity contribution in [1.29, 1.82) is 0 Å². The molecule has 0 fully saturated rings. The van der Waals surface area contributed by atoms with Gasteiger partial charge in [0.05, 0.1) is 17.3 Å². The second kappa shape index (κ2) is 7.48. The molecule has 18 heavy (non-hydrogen) atoms. The Kier molecular flexibility index (Phi) is 6.29. The lowest BCUT2D eigenvalue weighted by molar-refractivity contribution is -0.149. The molecule has 1 rings (SSSR count). The highest BCUT2D eigenvalue weighted by atomic mass is 32.1. The van der Waals surface area contributed by atoms with E-state index in [1.54, 1.807) is 11.3 Å². The van der Waals surface area contributed by atoms with Gasteiger partial charge in [-0.1, -0.05) is 13.3 Å². The van der Waals surface area contributed by atoms with Gasteiger partial charge in [-0.3, -0.25) is 9.69 Å². The minimum Gasteiger partial charge on any atom is -0.465 e. The highest BCUT2D eigenvalue weighted by molar-refractivity contribution is 7.09. The summed E-state index contributed by atoms with van der Waals surface area (Å²) in [5, 5.41) is 3.10. The maximum absolute atomic E-state index is 11.9. The predicted octanol–water partition coefficient (Wildman–Crippen LogP) is 2.62. The largest absolute Gasteiger partial charge is 0.465 e. The number of hydrogen-bond acceptors (Lipinski definition) is 5. The molecule has 4 nitrogen and oxygen atoms in total. The van der Waals surface area contributed by atoms with Gasteiger partial charge in [-0.25, -0.2) is 4.98 Å². The van der Waals surface area contributed by atoms with Gasteiger partial charge in [0.25, 0.3) is 0 Å². The molecule has 102 valence electrons. The summed E-state index contributed by atoms with van der Waals surface area (Å²) >= 11 is 1.64. The van der Waals surface area contributed by atoms with Crippen molar-refractivity contribution in [3.05, 3.63) is 16.1 Å². The van der Waals surface area contributed by atoms with Gasteiger partial charge >= 0.3 is 5.97 Å². The van der Waals surface area contributed by atoms with E-state index in [1.165, 1.54) is 0 Å². The zero-order valence-corrected chi connectivity index (χ0v) is 12.4. The summed E-state index contributed by atoms with van der Waals surface area (Å²) in [5.74, 6) is -0.131. The van der Waals surface area contributed by atoms with Crippen molar-refractivity contribution in [2.45, 2.75) is 46.2 Å². The van der Waals surface area contributed by atoms with E-state index < -0.39 is 0 Å². The van der Waals surface area contributed by atoms with E-state index in [2.05, 4.69) is 11.9 Å². The Morgan fingerprint density at radius 1 is 1.56 bits per heavy atom. The van der Waals surface area contributed by atoms with Gasteiger partial charge in [-0.05, 0) is 27.3 Å². The topological polar surface area (TPSA) is 42.4 Å². The number of carbonyl (C=O) groups excluding carboxylic acids is 1. The first-order chi connectivity index (χ1) is 8.58. The summed E-state index contributed by atoms with van der Waals surface area (Å²) < 4.78 is 5.12. The third-order valence-electron chi connectivity index (χ3n) is 2.73. The normalized spacial score (nSPS) is 12.7. The molecular weight excluding hydrogens is 248 g/mol. The average molecular weight is 270 g/mol. The van der Waals surface area contributed by atoms with Crippen molar-refractivity contribution in [2.75, 3.05) is 13.7 Å². The lowest BCUT2D eigenvalue weighted by Crippen LogP contribution is -2.39. The molecule has 1 heterocycles. The maximum atomic E-state index is 11.9. The number of nitrogens with zero attached hydrogens (tertiary/aromatic N) is 2. The molecule has 0 bridgehead atoms. The van der Waals surface area contributed by atoms with Crippen molar-refractivity contribution < 1.29 is 9.53 Å². The lowest BCUT2D eigenvalue weighted by atomic mass is 10.1. The van der Waals surface area contributed by atoms with Crippen molar-refractivity contribution >= 4 is 17.3 Å². The summed E-state index contributed by atoms with van der Waals surface area (Å²) in [5.41, 5.74) is 1.02. The Bertz CT molecular complexity index is 379. The number of hydrogen-bond donors (Lipinski definition) is 0. The molecule has 0 aliphatic carbocycles. The van der Waals surface area contributed by atoms with E-state index in [4.69, 9.17) is 4.74 Å². The predicted molar refractivity (Wildman–Crippen MR) is 73.6 cm³/mol. The molecule has 0 aromatic carbocycles. The van der Waals surface area contributed by atoms with Crippen LogP contribution in [0.2, 0.25) is 0 Å². The molecule has 1 atom stereocenters. The first kappa shape index (κ1) is 15.1. The van der Waals surface area contributed by atoms with Crippen LogP contribution >= 0.6 is 11.3 Å². The molecule has 0 spiro atoms. The molecular formula is C13H22N2O2S. The second-order valence-corrected chi connectivity index (χ2v) is 5.39. The monoisotopic (exact) mass is 270 g/mol. The van der Waals surface area contributed by atoms with Crippen LogP contribution < -0.4 is 0 Å². The highest BCUT2D eigenvalue weighted by Gasteiger charge is 2.24. The van der Waals surface area contributed by atoms with Crippen LogP contribution in [-0.4, -0.2) is 35.5 Å². The van der Waals surface area contributed by atoms with Gasteiger partial charge in [0.15, 0.2) is 0 Å². The molecule has 0 N–H and O–H groups in total. The van der Waals surface area contributed by atoms with E-state index in [0.717, 1.165) is 23.5 Å². The number of aryl methyl sites for hydroxylation is 1. The van der Waals surface area contributed by atoms with Crippen molar-refractivity contribution in [1.82, 2.24) is 9.88 Å². The Balaban J connectivity index is 2.64. The van der Waals surface area contributed by atoms with Crippen LogP contribution in [0.15, 0.2) is 5.38 Å². The summed E-state index contributed by atoms with van der Waals surface area (Å²) in [4.78, 5) is 18.3.